The fourth-order valence-electron chi connectivity index (χ4n) is 3.23. The molecule has 30 heavy (non-hydrogen) atoms. The maximum atomic E-state index is 14.0. The molecular weight excluding hydrogens is 408 g/mol. The summed E-state index contributed by atoms with van der Waals surface area (Å²) in [4.78, 5) is 11.3. The van der Waals surface area contributed by atoms with Crippen LogP contribution < -0.4 is 4.74 Å². The summed E-state index contributed by atoms with van der Waals surface area (Å²) in [6, 6.07) is 8.51. The predicted octanol–water partition coefficient (Wildman–Crippen LogP) is 5.94. The number of aromatic nitrogens is 1. The molecule has 4 nitrogen and oxygen atoms in total. The molecule has 3 aromatic rings. The molecule has 0 saturated carbocycles. The lowest BCUT2D eigenvalue weighted by Crippen LogP contribution is -2.04. The van der Waals surface area contributed by atoms with Crippen LogP contribution in [0.5, 0.6) is 5.75 Å². The maximum Gasteiger partial charge on any atom is 0.303 e. The molecular formula is C23H23F2NO3S. The Kier molecular flexibility index (Phi) is 6.82. The summed E-state index contributed by atoms with van der Waals surface area (Å²) < 4.78 is 37.9. The molecule has 0 aliphatic heterocycles. The van der Waals surface area contributed by atoms with E-state index in [4.69, 9.17) is 9.84 Å². The van der Waals surface area contributed by atoms with E-state index in [0.717, 1.165) is 28.2 Å². The molecule has 0 fully saturated rings. The molecule has 0 spiro atoms. The molecule has 2 aromatic carbocycles. The number of carboxylic acid groups (broad SMARTS) is 1. The van der Waals surface area contributed by atoms with Crippen molar-refractivity contribution in [2.45, 2.75) is 46.9 Å². The number of carbonyl (C=O) groups is 1. The van der Waals surface area contributed by atoms with Gasteiger partial charge < -0.3 is 9.84 Å². The molecule has 0 radical (unpaired) electrons. The second kappa shape index (κ2) is 9.34. The van der Waals surface area contributed by atoms with Crippen molar-refractivity contribution in [1.82, 2.24) is 4.37 Å². The van der Waals surface area contributed by atoms with Crippen molar-refractivity contribution in [3.63, 3.8) is 0 Å². The summed E-state index contributed by atoms with van der Waals surface area (Å²) in [6.45, 7) is 4.96. The Morgan fingerprint density at radius 3 is 2.60 bits per heavy atom. The van der Waals surface area contributed by atoms with E-state index in [-0.39, 0.29) is 18.8 Å². The van der Waals surface area contributed by atoms with Gasteiger partial charge in [0, 0.05) is 17.5 Å². The summed E-state index contributed by atoms with van der Waals surface area (Å²) in [5.74, 6) is -0.530. The van der Waals surface area contributed by atoms with E-state index in [1.807, 2.05) is 19.9 Å². The first kappa shape index (κ1) is 21.9. The largest absolute Gasteiger partial charge is 0.488 e. The first-order chi connectivity index (χ1) is 14.3. The van der Waals surface area contributed by atoms with Crippen molar-refractivity contribution in [2.24, 2.45) is 0 Å². The third kappa shape index (κ3) is 4.67. The van der Waals surface area contributed by atoms with Crippen molar-refractivity contribution in [1.29, 1.82) is 0 Å². The molecule has 0 unspecified atom stereocenters. The summed E-state index contributed by atoms with van der Waals surface area (Å²) in [6.07, 6.45) is 0.517. The highest BCUT2D eigenvalue weighted by Crippen LogP contribution is 2.32. The van der Waals surface area contributed by atoms with Crippen LogP contribution >= 0.6 is 11.5 Å². The van der Waals surface area contributed by atoms with Gasteiger partial charge in [0.05, 0.1) is 10.6 Å². The van der Waals surface area contributed by atoms with Crippen molar-refractivity contribution >= 4 is 17.5 Å². The maximum absolute atomic E-state index is 14.0. The van der Waals surface area contributed by atoms with Crippen LogP contribution in [-0.4, -0.2) is 15.4 Å². The quantitative estimate of drug-likeness (QED) is 0.479. The minimum atomic E-state index is -0.837. The molecule has 7 heteroatoms. The van der Waals surface area contributed by atoms with E-state index in [0.29, 0.717) is 39.4 Å². The molecule has 1 heterocycles. The number of ether oxygens (including phenoxy) is 1. The lowest BCUT2D eigenvalue weighted by Gasteiger charge is -2.15. The first-order valence-corrected chi connectivity index (χ1v) is 10.3. The van der Waals surface area contributed by atoms with Crippen LogP contribution in [0.15, 0.2) is 30.3 Å². The number of nitrogens with zero attached hydrogens (tertiary/aromatic N) is 1. The van der Waals surface area contributed by atoms with Gasteiger partial charge in [0.2, 0.25) is 0 Å². The van der Waals surface area contributed by atoms with Crippen LogP contribution in [-0.2, 0) is 24.5 Å². The second-order valence-corrected chi connectivity index (χ2v) is 8.04. The van der Waals surface area contributed by atoms with Gasteiger partial charge in [-0.2, -0.15) is 4.37 Å². The number of carboxylic acids is 1. The number of aryl methyl sites for hydroxylation is 2. The smallest absolute Gasteiger partial charge is 0.303 e. The van der Waals surface area contributed by atoms with Crippen LogP contribution in [0.25, 0.3) is 11.3 Å². The van der Waals surface area contributed by atoms with E-state index < -0.39 is 12.6 Å². The van der Waals surface area contributed by atoms with Gasteiger partial charge in [-0.05, 0) is 73.1 Å². The number of alkyl halides is 1. The van der Waals surface area contributed by atoms with Crippen molar-refractivity contribution < 1.29 is 23.4 Å². The molecule has 0 atom stereocenters. The standard InChI is InChI=1S/C23H23F2NO3S/c1-13-4-5-17(10-19(13)25)23-18(21(11-24)30-26-23)12-29-20-8-6-16(7-9-22(27)28)14(2)15(20)3/h4-6,8,10H,7,9,11-12H2,1-3H3,(H,27,28). The van der Waals surface area contributed by atoms with Crippen LogP contribution in [0.2, 0.25) is 0 Å². The van der Waals surface area contributed by atoms with Gasteiger partial charge >= 0.3 is 5.97 Å². The van der Waals surface area contributed by atoms with Crippen molar-refractivity contribution in [3.8, 4) is 17.0 Å². The third-order valence-corrected chi connectivity index (χ3v) is 6.12. The third-order valence-electron chi connectivity index (χ3n) is 5.27. The van der Waals surface area contributed by atoms with Crippen LogP contribution in [0.4, 0.5) is 8.78 Å². The average molecular weight is 432 g/mol. The number of rotatable bonds is 8. The van der Waals surface area contributed by atoms with E-state index in [2.05, 4.69) is 4.37 Å². The van der Waals surface area contributed by atoms with Gasteiger partial charge in [-0.25, -0.2) is 8.78 Å². The highest BCUT2D eigenvalue weighted by atomic mass is 32.1. The Hall–Kier alpha value is -2.80. The Morgan fingerprint density at radius 2 is 1.93 bits per heavy atom. The van der Waals surface area contributed by atoms with E-state index in [9.17, 15) is 13.6 Å². The molecule has 0 aliphatic rings. The topological polar surface area (TPSA) is 59.4 Å². The van der Waals surface area contributed by atoms with Gasteiger partial charge in [0.25, 0.3) is 0 Å². The zero-order valence-corrected chi connectivity index (χ0v) is 17.9. The monoisotopic (exact) mass is 431 g/mol. The molecule has 0 bridgehead atoms. The predicted molar refractivity (Wildman–Crippen MR) is 113 cm³/mol. The number of halogens is 2. The number of aliphatic carboxylic acids is 1. The zero-order chi connectivity index (χ0) is 21.8. The summed E-state index contributed by atoms with van der Waals surface area (Å²) in [7, 11) is 0. The van der Waals surface area contributed by atoms with E-state index >= 15 is 0 Å². The van der Waals surface area contributed by atoms with Crippen LogP contribution in [0.1, 0.15) is 39.1 Å². The van der Waals surface area contributed by atoms with Crippen LogP contribution in [0, 0.1) is 26.6 Å². The Labute approximate surface area is 178 Å². The fraction of sp³-hybridized carbons (Fsp3) is 0.304. The van der Waals surface area contributed by atoms with Gasteiger partial charge in [-0.3, -0.25) is 4.79 Å². The molecule has 158 valence electrons. The van der Waals surface area contributed by atoms with Crippen LogP contribution in [0.3, 0.4) is 0 Å². The minimum Gasteiger partial charge on any atom is -0.488 e. The zero-order valence-electron chi connectivity index (χ0n) is 17.1. The van der Waals surface area contributed by atoms with Gasteiger partial charge in [0.1, 0.15) is 24.8 Å². The van der Waals surface area contributed by atoms with E-state index in [1.54, 1.807) is 25.1 Å². The minimum absolute atomic E-state index is 0.0669. The summed E-state index contributed by atoms with van der Waals surface area (Å²) >= 11 is 1.05. The molecule has 0 aliphatic carbocycles. The molecule has 0 amide bonds. The highest BCUT2D eigenvalue weighted by Gasteiger charge is 2.18. The lowest BCUT2D eigenvalue weighted by atomic mass is 9.99. The number of hydrogen-bond acceptors (Lipinski definition) is 4. The summed E-state index contributed by atoms with van der Waals surface area (Å²) in [5.41, 5.74) is 5.10. The first-order valence-electron chi connectivity index (χ1n) is 9.55. The van der Waals surface area contributed by atoms with Crippen molar-refractivity contribution in [2.75, 3.05) is 0 Å². The number of benzene rings is 2. The number of hydrogen-bond donors (Lipinski definition) is 1. The molecule has 3 rings (SSSR count). The fourth-order valence-corrected chi connectivity index (χ4v) is 3.97. The lowest BCUT2D eigenvalue weighted by molar-refractivity contribution is -0.136. The van der Waals surface area contributed by atoms with E-state index in [1.165, 1.54) is 6.07 Å². The average Bonchev–Trinajstić information content (AvgIpc) is 3.13. The van der Waals surface area contributed by atoms with Crippen molar-refractivity contribution in [3.05, 3.63) is 68.8 Å². The molecule has 0 saturated heterocycles. The molecule has 1 N–H and O–H groups in total. The Bertz CT molecular complexity index is 1080. The second-order valence-electron chi connectivity index (χ2n) is 7.19. The Morgan fingerprint density at radius 1 is 1.17 bits per heavy atom. The summed E-state index contributed by atoms with van der Waals surface area (Å²) in [5, 5.41) is 8.90. The Balaban J connectivity index is 1.85. The van der Waals surface area contributed by atoms with Gasteiger partial charge in [-0.15, -0.1) is 0 Å². The highest BCUT2D eigenvalue weighted by molar-refractivity contribution is 7.06. The molecule has 1 aromatic heterocycles. The normalized spacial score (nSPS) is 11.0. The van der Waals surface area contributed by atoms with Gasteiger partial charge in [-0.1, -0.05) is 18.2 Å². The SMILES string of the molecule is Cc1ccc(-c2nsc(CF)c2COc2ccc(CCC(=O)O)c(C)c2C)cc1F. The van der Waals surface area contributed by atoms with Gasteiger partial charge in [0.15, 0.2) is 0 Å².